The van der Waals surface area contributed by atoms with Gasteiger partial charge in [0, 0.05) is 24.3 Å². The van der Waals surface area contributed by atoms with Crippen molar-refractivity contribution in [3.8, 4) is 0 Å². The van der Waals surface area contributed by atoms with Gasteiger partial charge in [0.2, 0.25) is 5.91 Å². The molecule has 0 aliphatic carbocycles. The average Bonchev–Trinajstić information content (AvgIpc) is 2.40. The van der Waals surface area contributed by atoms with Gasteiger partial charge in [-0.25, -0.2) is 0 Å². The summed E-state index contributed by atoms with van der Waals surface area (Å²) in [5.74, 6) is -0.955. The standard InChI is InChI=1S/C13H14F3N3O2/c1-7-11(20)18-4-5-19(7)12(21)8-2-3-10(17)9(6-8)13(14,15)16/h2-3,6-7H,4-5,17H2,1H3,(H,18,20). The number of nitrogen functional groups attached to an aromatic ring is 1. The number of hydrogen-bond acceptors (Lipinski definition) is 3. The van der Waals surface area contributed by atoms with Gasteiger partial charge >= 0.3 is 6.18 Å². The Morgan fingerprint density at radius 2 is 2.10 bits per heavy atom. The second-order valence-corrected chi connectivity index (χ2v) is 4.77. The molecule has 114 valence electrons. The minimum Gasteiger partial charge on any atom is -0.398 e. The topological polar surface area (TPSA) is 75.4 Å². The van der Waals surface area contributed by atoms with E-state index in [9.17, 15) is 22.8 Å². The number of nitrogens with two attached hydrogens (primary N) is 1. The van der Waals surface area contributed by atoms with E-state index in [1.54, 1.807) is 0 Å². The number of nitrogens with one attached hydrogen (secondary N) is 1. The van der Waals surface area contributed by atoms with E-state index in [0.29, 0.717) is 0 Å². The van der Waals surface area contributed by atoms with Crippen LogP contribution in [0.1, 0.15) is 22.8 Å². The summed E-state index contributed by atoms with van der Waals surface area (Å²) in [5.41, 5.74) is 3.66. The highest BCUT2D eigenvalue weighted by Crippen LogP contribution is 2.34. The Morgan fingerprint density at radius 3 is 2.71 bits per heavy atom. The zero-order valence-corrected chi connectivity index (χ0v) is 11.2. The minimum atomic E-state index is -4.63. The van der Waals surface area contributed by atoms with Crippen molar-refractivity contribution in [3.05, 3.63) is 29.3 Å². The Balaban J connectivity index is 2.34. The Labute approximate surface area is 118 Å². The van der Waals surface area contributed by atoms with Crippen molar-refractivity contribution in [2.45, 2.75) is 19.1 Å². The minimum absolute atomic E-state index is 0.141. The van der Waals surface area contributed by atoms with E-state index >= 15 is 0 Å². The summed E-state index contributed by atoms with van der Waals surface area (Å²) < 4.78 is 38.4. The molecule has 1 heterocycles. The van der Waals surface area contributed by atoms with Gasteiger partial charge in [-0.05, 0) is 25.1 Å². The van der Waals surface area contributed by atoms with Crippen LogP contribution in [0.2, 0.25) is 0 Å². The van der Waals surface area contributed by atoms with Gasteiger partial charge in [0.15, 0.2) is 0 Å². The highest BCUT2D eigenvalue weighted by Gasteiger charge is 2.35. The maximum absolute atomic E-state index is 12.8. The Kier molecular flexibility index (Phi) is 3.80. The maximum Gasteiger partial charge on any atom is 0.418 e. The summed E-state index contributed by atoms with van der Waals surface area (Å²) in [7, 11) is 0. The van der Waals surface area contributed by atoms with E-state index in [4.69, 9.17) is 5.73 Å². The van der Waals surface area contributed by atoms with Gasteiger partial charge in [-0.2, -0.15) is 13.2 Å². The third-order valence-corrected chi connectivity index (χ3v) is 3.37. The van der Waals surface area contributed by atoms with Crippen LogP contribution in [-0.4, -0.2) is 35.8 Å². The molecule has 2 amide bonds. The van der Waals surface area contributed by atoms with Crippen LogP contribution in [0.3, 0.4) is 0 Å². The fourth-order valence-electron chi connectivity index (χ4n) is 2.16. The molecule has 1 unspecified atom stereocenters. The second kappa shape index (κ2) is 5.27. The zero-order chi connectivity index (χ0) is 15.8. The molecule has 3 N–H and O–H groups in total. The van der Waals surface area contributed by atoms with Crippen molar-refractivity contribution in [3.63, 3.8) is 0 Å². The Bertz CT molecular complexity index is 587. The first kappa shape index (κ1) is 15.1. The lowest BCUT2D eigenvalue weighted by molar-refractivity contribution is -0.137. The number of nitrogens with zero attached hydrogens (tertiary/aromatic N) is 1. The molecule has 1 saturated heterocycles. The van der Waals surface area contributed by atoms with Crippen LogP contribution in [0, 0.1) is 0 Å². The molecule has 2 rings (SSSR count). The number of alkyl halides is 3. The lowest BCUT2D eigenvalue weighted by atomic mass is 10.1. The molecule has 0 aromatic heterocycles. The van der Waals surface area contributed by atoms with Crippen LogP contribution in [0.4, 0.5) is 18.9 Å². The molecule has 8 heteroatoms. The van der Waals surface area contributed by atoms with E-state index in [-0.39, 0.29) is 24.6 Å². The maximum atomic E-state index is 12.8. The third-order valence-electron chi connectivity index (χ3n) is 3.37. The van der Waals surface area contributed by atoms with Crippen LogP contribution in [-0.2, 0) is 11.0 Å². The number of amides is 2. The van der Waals surface area contributed by atoms with Crippen LogP contribution in [0.5, 0.6) is 0 Å². The van der Waals surface area contributed by atoms with Gasteiger partial charge in [-0.1, -0.05) is 0 Å². The number of piperazine rings is 1. The predicted octanol–water partition coefficient (Wildman–Crippen LogP) is 1.25. The van der Waals surface area contributed by atoms with Crippen LogP contribution in [0.25, 0.3) is 0 Å². The molecular formula is C13H14F3N3O2. The Hall–Kier alpha value is -2.25. The van der Waals surface area contributed by atoms with Crippen molar-refractivity contribution in [1.82, 2.24) is 10.2 Å². The molecule has 1 aliphatic heterocycles. The number of anilines is 1. The Morgan fingerprint density at radius 1 is 1.43 bits per heavy atom. The summed E-state index contributed by atoms with van der Waals surface area (Å²) in [6, 6.07) is 2.27. The summed E-state index contributed by atoms with van der Waals surface area (Å²) in [5, 5.41) is 2.58. The normalized spacial score (nSPS) is 19.3. The van der Waals surface area contributed by atoms with E-state index in [1.165, 1.54) is 17.9 Å². The van der Waals surface area contributed by atoms with Gasteiger partial charge in [-0.15, -0.1) is 0 Å². The first-order valence-corrected chi connectivity index (χ1v) is 6.27. The van der Waals surface area contributed by atoms with Crippen LogP contribution in [0.15, 0.2) is 18.2 Å². The second-order valence-electron chi connectivity index (χ2n) is 4.77. The van der Waals surface area contributed by atoms with Crippen molar-refractivity contribution in [2.24, 2.45) is 0 Å². The summed E-state index contributed by atoms with van der Waals surface area (Å²) in [6.45, 7) is 2.04. The molecule has 1 aromatic rings. The fourth-order valence-corrected chi connectivity index (χ4v) is 2.16. The fraction of sp³-hybridized carbons (Fsp3) is 0.385. The lowest BCUT2D eigenvalue weighted by Gasteiger charge is -2.33. The zero-order valence-electron chi connectivity index (χ0n) is 11.2. The average molecular weight is 301 g/mol. The van der Waals surface area contributed by atoms with Crippen LogP contribution < -0.4 is 11.1 Å². The molecule has 0 bridgehead atoms. The van der Waals surface area contributed by atoms with Gasteiger partial charge in [0.1, 0.15) is 6.04 Å². The smallest absolute Gasteiger partial charge is 0.398 e. The number of halogens is 3. The monoisotopic (exact) mass is 301 g/mol. The molecular weight excluding hydrogens is 287 g/mol. The van der Waals surface area contributed by atoms with E-state index in [2.05, 4.69) is 5.32 Å². The lowest BCUT2D eigenvalue weighted by Crippen LogP contribution is -2.55. The first-order chi connectivity index (χ1) is 9.71. The number of carbonyl (C=O) groups excluding carboxylic acids is 2. The molecule has 1 atom stereocenters. The number of benzene rings is 1. The van der Waals surface area contributed by atoms with Crippen molar-refractivity contribution in [2.75, 3.05) is 18.8 Å². The highest BCUT2D eigenvalue weighted by molar-refractivity contribution is 5.98. The molecule has 1 fully saturated rings. The quantitative estimate of drug-likeness (QED) is 0.767. The van der Waals surface area contributed by atoms with Crippen LogP contribution >= 0.6 is 0 Å². The molecule has 1 aromatic carbocycles. The van der Waals surface area contributed by atoms with Crippen molar-refractivity contribution >= 4 is 17.5 Å². The summed E-state index contributed by atoms with van der Waals surface area (Å²) >= 11 is 0. The molecule has 0 spiro atoms. The van der Waals surface area contributed by atoms with Gasteiger partial charge in [0.05, 0.1) is 5.56 Å². The van der Waals surface area contributed by atoms with Gasteiger partial charge in [0.25, 0.3) is 5.91 Å². The summed E-state index contributed by atoms with van der Waals surface area (Å²) in [6.07, 6.45) is -4.63. The summed E-state index contributed by atoms with van der Waals surface area (Å²) in [4.78, 5) is 25.0. The molecule has 1 aliphatic rings. The molecule has 0 radical (unpaired) electrons. The predicted molar refractivity (Wildman–Crippen MR) is 69.4 cm³/mol. The van der Waals surface area contributed by atoms with Gasteiger partial charge < -0.3 is 16.0 Å². The SMILES string of the molecule is CC1C(=O)NCCN1C(=O)c1ccc(N)c(C(F)(F)F)c1. The first-order valence-electron chi connectivity index (χ1n) is 6.27. The van der Waals surface area contributed by atoms with Crippen molar-refractivity contribution < 1.29 is 22.8 Å². The number of rotatable bonds is 1. The largest absolute Gasteiger partial charge is 0.418 e. The van der Waals surface area contributed by atoms with E-state index in [1.807, 2.05) is 0 Å². The van der Waals surface area contributed by atoms with Gasteiger partial charge in [-0.3, -0.25) is 9.59 Å². The molecule has 21 heavy (non-hydrogen) atoms. The molecule has 5 nitrogen and oxygen atoms in total. The number of hydrogen-bond donors (Lipinski definition) is 2. The molecule has 0 saturated carbocycles. The van der Waals surface area contributed by atoms with Crippen molar-refractivity contribution in [1.29, 1.82) is 0 Å². The van der Waals surface area contributed by atoms with E-state index < -0.39 is 29.4 Å². The third kappa shape index (κ3) is 2.93. The highest BCUT2D eigenvalue weighted by atomic mass is 19.4. The number of carbonyl (C=O) groups is 2. The van der Waals surface area contributed by atoms with E-state index in [0.717, 1.165) is 12.1 Å².